The Morgan fingerprint density at radius 2 is 1.72 bits per heavy atom. The van der Waals surface area contributed by atoms with E-state index in [0.717, 1.165) is 45.8 Å². The largest absolute Gasteiger partial charge is 0.494 e. The third-order valence-corrected chi connectivity index (χ3v) is 10.0. The summed E-state index contributed by atoms with van der Waals surface area (Å²) in [5.74, 6) is 0.358. The maximum absolute atomic E-state index is 13.9. The molecule has 3 aromatic carbocycles. The number of likely N-dealkylation sites (tertiary alicyclic amines) is 1. The van der Waals surface area contributed by atoms with Crippen LogP contribution in [0, 0.1) is 0 Å². The summed E-state index contributed by atoms with van der Waals surface area (Å²) in [6, 6.07) is 24.8. The van der Waals surface area contributed by atoms with Gasteiger partial charge in [-0.2, -0.15) is 0 Å². The number of hydrogen-bond donors (Lipinski definition) is 2. The monoisotopic (exact) mass is 653 g/mol. The number of piperidine rings is 1. The smallest absolute Gasteiger partial charge is 0.263 e. The highest BCUT2D eigenvalue weighted by atomic mass is 35.5. The van der Waals surface area contributed by atoms with Gasteiger partial charge in [0, 0.05) is 45.7 Å². The van der Waals surface area contributed by atoms with Crippen LogP contribution in [0.4, 0.5) is 0 Å². The summed E-state index contributed by atoms with van der Waals surface area (Å²) >= 11 is 15.9. The van der Waals surface area contributed by atoms with Crippen LogP contribution in [-0.2, 0) is 10.2 Å². The molecular weight excluding hydrogens is 621 g/mol. The highest BCUT2D eigenvalue weighted by molar-refractivity contribution is 7.96. The first-order valence-corrected chi connectivity index (χ1v) is 16.8. The Labute approximate surface area is 270 Å². The van der Waals surface area contributed by atoms with Crippen LogP contribution in [0.1, 0.15) is 34.5 Å². The van der Waals surface area contributed by atoms with Crippen molar-refractivity contribution >= 4 is 58.3 Å². The van der Waals surface area contributed by atoms with Gasteiger partial charge in [-0.15, -0.1) is 11.3 Å². The van der Waals surface area contributed by atoms with Gasteiger partial charge in [-0.3, -0.25) is 14.3 Å². The number of thiophene rings is 1. The predicted molar refractivity (Wildman–Crippen MR) is 179 cm³/mol. The van der Waals surface area contributed by atoms with E-state index in [2.05, 4.69) is 4.72 Å². The molecule has 3 N–H and O–H groups in total. The minimum Gasteiger partial charge on any atom is -0.494 e. The van der Waals surface area contributed by atoms with Crippen molar-refractivity contribution in [3.63, 3.8) is 0 Å². The fourth-order valence-electron chi connectivity index (χ4n) is 5.44. The lowest BCUT2D eigenvalue weighted by molar-refractivity contribution is -0.125. The fourth-order valence-corrected chi connectivity index (χ4v) is 7.44. The average Bonchev–Trinajstić information content (AvgIpc) is 3.46. The van der Waals surface area contributed by atoms with Gasteiger partial charge in [-0.05, 0) is 79.1 Å². The zero-order valence-corrected chi connectivity index (χ0v) is 26.9. The molecule has 6 nitrogen and oxygen atoms in total. The quantitative estimate of drug-likeness (QED) is 0.128. The molecule has 224 valence electrons. The van der Waals surface area contributed by atoms with Gasteiger partial charge in [-0.1, -0.05) is 71.5 Å². The van der Waals surface area contributed by atoms with Gasteiger partial charge in [0.05, 0.1) is 16.9 Å². The zero-order valence-electron chi connectivity index (χ0n) is 23.8. The number of nitrogens with two attached hydrogens (primary N) is 1. The fraction of sp³-hybridized carbons (Fsp3) is 0.273. The van der Waals surface area contributed by atoms with Crippen molar-refractivity contribution in [3.05, 3.63) is 99.3 Å². The predicted octanol–water partition coefficient (Wildman–Crippen LogP) is 7.68. The van der Waals surface area contributed by atoms with Crippen LogP contribution in [0.25, 0.3) is 21.6 Å². The van der Waals surface area contributed by atoms with E-state index in [1.54, 1.807) is 24.1 Å². The SMILES string of the molecule is CSNCCCOc1ccc(-c2sc(C(=O)N3CCC(C(N)=O)(c4ccccc4)CC3)cc2-c2ccc(Cl)cc2Cl)cc1. The molecule has 1 aliphatic rings. The second kappa shape index (κ2) is 14.2. The molecule has 10 heteroatoms. The first-order valence-electron chi connectivity index (χ1n) is 14.1. The summed E-state index contributed by atoms with van der Waals surface area (Å²) in [6.07, 6.45) is 3.85. The number of carbonyl (C=O) groups is 2. The second-order valence-corrected chi connectivity index (χ2v) is 13.0. The van der Waals surface area contributed by atoms with Gasteiger partial charge in [0.25, 0.3) is 5.91 Å². The molecule has 0 spiro atoms. The lowest BCUT2D eigenvalue weighted by atomic mass is 9.72. The summed E-state index contributed by atoms with van der Waals surface area (Å²) in [4.78, 5) is 29.9. The van der Waals surface area contributed by atoms with E-state index >= 15 is 0 Å². The maximum atomic E-state index is 13.9. The third kappa shape index (κ3) is 7.05. The van der Waals surface area contributed by atoms with E-state index in [4.69, 9.17) is 33.7 Å². The number of carbonyl (C=O) groups excluding carboxylic acids is 2. The molecule has 0 aliphatic carbocycles. The molecule has 0 unspecified atom stereocenters. The van der Waals surface area contributed by atoms with E-state index in [0.29, 0.717) is 47.5 Å². The number of hydrogen-bond acceptors (Lipinski definition) is 6. The van der Waals surface area contributed by atoms with Crippen molar-refractivity contribution in [3.8, 4) is 27.3 Å². The molecular formula is C33H33Cl2N3O3S2. The van der Waals surface area contributed by atoms with Crippen LogP contribution < -0.4 is 15.2 Å². The van der Waals surface area contributed by atoms with Crippen LogP contribution >= 0.6 is 46.5 Å². The van der Waals surface area contributed by atoms with Crippen molar-refractivity contribution in [2.75, 3.05) is 32.5 Å². The molecule has 1 saturated heterocycles. The second-order valence-electron chi connectivity index (χ2n) is 10.4. The maximum Gasteiger partial charge on any atom is 0.263 e. The summed E-state index contributed by atoms with van der Waals surface area (Å²) in [7, 11) is 0. The lowest BCUT2D eigenvalue weighted by Gasteiger charge is -2.40. The van der Waals surface area contributed by atoms with Crippen LogP contribution in [0.3, 0.4) is 0 Å². The summed E-state index contributed by atoms with van der Waals surface area (Å²) in [6.45, 7) is 2.36. The standard InChI is InChI=1S/C33H33Cl2N3O3S2/c1-42-37-16-5-19-41-25-11-8-22(9-12-25)30-27(26-13-10-24(34)20-28(26)35)21-29(43-30)31(39)38-17-14-33(15-18-38,32(36)40)23-6-3-2-4-7-23/h2-4,6-13,20-21,37H,5,14-19H2,1H3,(H2,36,40). The van der Waals surface area contributed by atoms with E-state index < -0.39 is 5.41 Å². The molecule has 43 heavy (non-hydrogen) atoms. The lowest BCUT2D eigenvalue weighted by Crippen LogP contribution is -2.51. The van der Waals surface area contributed by atoms with Gasteiger partial charge >= 0.3 is 0 Å². The number of benzene rings is 3. The van der Waals surface area contributed by atoms with Gasteiger partial charge in [0.2, 0.25) is 5.91 Å². The van der Waals surface area contributed by atoms with E-state index in [-0.39, 0.29) is 11.8 Å². The van der Waals surface area contributed by atoms with E-state index in [1.165, 1.54) is 11.3 Å². The number of halogens is 2. The van der Waals surface area contributed by atoms with Crippen LogP contribution in [0.15, 0.2) is 78.9 Å². The molecule has 5 rings (SSSR count). The van der Waals surface area contributed by atoms with Crippen molar-refractivity contribution in [2.45, 2.75) is 24.7 Å². The summed E-state index contributed by atoms with van der Waals surface area (Å²) in [5.41, 5.74) is 8.66. The Bertz CT molecular complexity index is 1570. The first kappa shape index (κ1) is 31.4. The molecule has 0 radical (unpaired) electrons. The Hall–Kier alpha value is -3.01. The average molecular weight is 655 g/mol. The third-order valence-electron chi connectivity index (χ3n) is 7.82. The minimum atomic E-state index is -0.782. The Kier molecular flexibility index (Phi) is 10.4. The molecule has 0 atom stereocenters. The van der Waals surface area contributed by atoms with Crippen LogP contribution in [-0.4, -0.2) is 49.2 Å². The van der Waals surface area contributed by atoms with Crippen LogP contribution in [0.2, 0.25) is 10.0 Å². The van der Waals surface area contributed by atoms with Crippen molar-refractivity contribution in [2.24, 2.45) is 5.73 Å². The topological polar surface area (TPSA) is 84.7 Å². The highest BCUT2D eigenvalue weighted by Gasteiger charge is 2.42. The Balaban J connectivity index is 1.40. The molecule has 1 aromatic heterocycles. The summed E-state index contributed by atoms with van der Waals surface area (Å²) < 4.78 is 9.12. The highest BCUT2D eigenvalue weighted by Crippen LogP contribution is 2.44. The van der Waals surface area contributed by atoms with Gasteiger partial charge in [-0.25, -0.2) is 0 Å². The van der Waals surface area contributed by atoms with Crippen LogP contribution in [0.5, 0.6) is 5.75 Å². The Morgan fingerprint density at radius 1 is 1.00 bits per heavy atom. The zero-order chi connectivity index (χ0) is 30.4. The molecule has 0 saturated carbocycles. The van der Waals surface area contributed by atoms with E-state index in [9.17, 15) is 9.59 Å². The number of ether oxygens (including phenoxy) is 1. The molecule has 4 aromatic rings. The number of amides is 2. The van der Waals surface area contributed by atoms with E-state index in [1.807, 2.05) is 77.9 Å². The summed E-state index contributed by atoms with van der Waals surface area (Å²) in [5, 5.41) is 1.05. The molecule has 2 heterocycles. The number of rotatable bonds is 11. The first-order chi connectivity index (χ1) is 20.8. The van der Waals surface area contributed by atoms with Crippen molar-refractivity contribution < 1.29 is 14.3 Å². The number of nitrogens with one attached hydrogen (secondary N) is 1. The minimum absolute atomic E-state index is 0.0764. The Morgan fingerprint density at radius 3 is 2.37 bits per heavy atom. The van der Waals surface area contributed by atoms with Crippen molar-refractivity contribution in [1.82, 2.24) is 9.62 Å². The number of nitrogens with zero attached hydrogens (tertiary/aromatic N) is 1. The number of primary amides is 1. The van der Waals surface area contributed by atoms with Crippen molar-refractivity contribution in [1.29, 1.82) is 0 Å². The van der Waals surface area contributed by atoms with Gasteiger partial charge in [0.1, 0.15) is 5.75 Å². The molecule has 0 bridgehead atoms. The molecule has 1 aliphatic heterocycles. The molecule has 1 fully saturated rings. The molecule has 2 amide bonds. The normalized spacial score (nSPS) is 14.4. The van der Waals surface area contributed by atoms with Gasteiger partial charge < -0.3 is 15.4 Å². The van der Waals surface area contributed by atoms with Gasteiger partial charge in [0.15, 0.2) is 0 Å².